The molecule has 0 aliphatic heterocycles. The number of rotatable bonds is 12. The van der Waals surface area contributed by atoms with Crippen molar-refractivity contribution in [3.8, 4) is 10.4 Å². The van der Waals surface area contributed by atoms with Gasteiger partial charge in [-0.25, -0.2) is 9.97 Å². The second-order valence-electron chi connectivity index (χ2n) is 10.3. The molecule has 0 spiro atoms. The number of H-pyrrole nitrogens is 1. The third-order valence-corrected chi connectivity index (χ3v) is 8.63. The minimum atomic E-state index is 0.469. The van der Waals surface area contributed by atoms with Crippen LogP contribution in [0.3, 0.4) is 0 Å². The average Bonchev–Trinajstić information content (AvgIpc) is 3.77. The third kappa shape index (κ3) is 5.66. The number of fused-ring (bicyclic) bond motifs is 1. The Labute approximate surface area is 227 Å². The maximum atomic E-state index is 4.69. The van der Waals surface area contributed by atoms with Crippen LogP contribution >= 0.6 is 11.3 Å². The van der Waals surface area contributed by atoms with Gasteiger partial charge in [-0.15, -0.1) is 11.3 Å². The molecular weight excluding hydrogens is 490 g/mol. The second-order valence-corrected chi connectivity index (χ2v) is 11.2. The number of thiophene rings is 1. The Hall–Kier alpha value is -3.49. The Morgan fingerprint density at radius 1 is 1.08 bits per heavy atom. The van der Waals surface area contributed by atoms with Crippen LogP contribution in [0.2, 0.25) is 0 Å². The topological polar surface area (TPSA) is 74.7 Å². The molecule has 2 unspecified atom stereocenters. The van der Waals surface area contributed by atoms with Crippen molar-refractivity contribution in [2.24, 2.45) is 5.92 Å². The second kappa shape index (κ2) is 11.9. The molecule has 5 aromatic rings. The molecule has 0 amide bonds. The highest BCUT2D eigenvalue weighted by Gasteiger charge is 2.29. The molecule has 8 heteroatoms. The average molecular weight is 526 g/mol. The summed E-state index contributed by atoms with van der Waals surface area (Å²) >= 11 is 1.78. The monoisotopic (exact) mass is 525 g/mol. The number of nitrogens with zero attached hydrogens (tertiary/aromatic N) is 5. The molecule has 0 saturated heterocycles. The van der Waals surface area contributed by atoms with E-state index in [1.54, 1.807) is 17.7 Å². The molecule has 1 saturated carbocycles. The van der Waals surface area contributed by atoms with Gasteiger partial charge in [0.2, 0.25) is 0 Å². The van der Waals surface area contributed by atoms with Crippen LogP contribution in [0.25, 0.3) is 21.5 Å². The maximum absolute atomic E-state index is 4.69. The van der Waals surface area contributed by atoms with E-state index in [9.17, 15) is 0 Å². The van der Waals surface area contributed by atoms with Crippen molar-refractivity contribution in [3.63, 3.8) is 0 Å². The standard InChI is InChI=1S/C30H35N7S/c1-2-6-23(7-3-1)11-13-31-12-5-14-36(26-17-34-35-18-26)20-24-9-10-25(16-24)37-21-28(29-8-4-15-38-29)27-19-32-22-33-30(27)37/h1-4,6-8,15,17-19,21-22,24-25,31H,5,9-14,16,20H2,(H,34,35). The Morgan fingerprint density at radius 3 is 2.87 bits per heavy atom. The molecule has 196 valence electrons. The van der Waals surface area contributed by atoms with E-state index < -0.39 is 0 Å². The van der Waals surface area contributed by atoms with Gasteiger partial charge >= 0.3 is 0 Å². The lowest BCUT2D eigenvalue weighted by Crippen LogP contribution is -2.31. The summed E-state index contributed by atoms with van der Waals surface area (Å²) in [5.41, 5.74) is 4.89. The van der Waals surface area contributed by atoms with Crippen LogP contribution in [0, 0.1) is 5.92 Å². The van der Waals surface area contributed by atoms with E-state index in [1.807, 2.05) is 18.6 Å². The first-order valence-corrected chi connectivity index (χ1v) is 14.6. The Balaban J connectivity index is 1.06. The Bertz CT molecular complexity index is 1400. The van der Waals surface area contributed by atoms with Crippen molar-refractivity contribution in [2.45, 2.75) is 38.1 Å². The van der Waals surface area contributed by atoms with Crippen LogP contribution in [-0.4, -0.2) is 50.9 Å². The normalized spacial score (nSPS) is 17.4. The van der Waals surface area contributed by atoms with E-state index in [0.29, 0.717) is 12.0 Å². The van der Waals surface area contributed by atoms with Gasteiger partial charge in [-0.1, -0.05) is 36.4 Å². The fourth-order valence-corrected chi connectivity index (χ4v) is 6.56. The molecule has 1 fully saturated rings. The molecule has 2 N–H and O–H groups in total. The van der Waals surface area contributed by atoms with E-state index in [0.717, 1.165) is 50.1 Å². The lowest BCUT2D eigenvalue weighted by atomic mass is 10.1. The zero-order valence-corrected chi connectivity index (χ0v) is 22.5. The molecule has 2 atom stereocenters. The molecule has 4 aromatic heterocycles. The summed E-state index contributed by atoms with van der Waals surface area (Å²) < 4.78 is 2.42. The van der Waals surface area contributed by atoms with Gasteiger partial charge < -0.3 is 14.8 Å². The predicted octanol–water partition coefficient (Wildman–Crippen LogP) is 5.95. The minimum Gasteiger partial charge on any atom is -0.369 e. The first-order valence-electron chi connectivity index (χ1n) is 13.7. The molecule has 1 aromatic carbocycles. The summed E-state index contributed by atoms with van der Waals surface area (Å²) in [6, 6.07) is 15.5. The molecule has 7 nitrogen and oxygen atoms in total. The smallest absolute Gasteiger partial charge is 0.144 e. The number of anilines is 1. The molecule has 4 heterocycles. The van der Waals surface area contributed by atoms with Crippen LogP contribution in [0.15, 0.2) is 79.0 Å². The van der Waals surface area contributed by atoms with E-state index in [4.69, 9.17) is 4.98 Å². The van der Waals surface area contributed by atoms with Crippen LogP contribution in [-0.2, 0) is 6.42 Å². The van der Waals surface area contributed by atoms with Crippen LogP contribution in [0.5, 0.6) is 0 Å². The van der Waals surface area contributed by atoms with Gasteiger partial charge in [0, 0.05) is 53.5 Å². The highest BCUT2D eigenvalue weighted by atomic mass is 32.1. The van der Waals surface area contributed by atoms with Gasteiger partial charge in [-0.2, -0.15) is 5.10 Å². The SMILES string of the molecule is c1ccc(CCNCCCN(CC2CCC(n3cc(-c4cccs4)c4cncnc43)C2)c2cn[nH]c2)cc1. The summed E-state index contributed by atoms with van der Waals surface area (Å²) in [6.45, 7) is 4.13. The highest BCUT2D eigenvalue weighted by Crippen LogP contribution is 2.40. The molecule has 6 rings (SSSR count). The van der Waals surface area contributed by atoms with Gasteiger partial charge in [-0.3, -0.25) is 5.10 Å². The summed E-state index contributed by atoms with van der Waals surface area (Å²) in [6.07, 6.45) is 15.7. The maximum Gasteiger partial charge on any atom is 0.144 e. The fourth-order valence-electron chi connectivity index (χ4n) is 5.81. The summed E-state index contributed by atoms with van der Waals surface area (Å²) in [7, 11) is 0. The molecule has 38 heavy (non-hydrogen) atoms. The van der Waals surface area contributed by atoms with Crippen molar-refractivity contribution < 1.29 is 0 Å². The molecule has 0 bridgehead atoms. The van der Waals surface area contributed by atoms with Crippen LogP contribution in [0.1, 0.15) is 37.3 Å². The quantitative estimate of drug-likeness (QED) is 0.197. The van der Waals surface area contributed by atoms with Crippen molar-refractivity contribution in [1.29, 1.82) is 0 Å². The lowest BCUT2D eigenvalue weighted by Gasteiger charge is -2.26. The molecule has 1 aliphatic rings. The number of hydrogen-bond donors (Lipinski definition) is 2. The van der Waals surface area contributed by atoms with Gasteiger partial charge in [0.05, 0.1) is 11.9 Å². The highest BCUT2D eigenvalue weighted by molar-refractivity contribution is 7.13. The molecule has 1 aliphatic carbocycles. The third-order valence-electron chi connectivity index (χ3n) is 7.73. The zero-order valence-electron chi connectivity index (χ0n) is 21.7. The molecular formula is C30H35N7S. The van der Waals surface area contributed by atoms with Crippen molar-refractivity contribution in [3.05, 3.63) is 84.5 Å². The van der Waals surface area contributed by atoms with Gasteiger partial charge in [0.1, 0.15) is 12.0 Å². The van der Waals surface area contributed by atoms with Crippen molar-refractivity contribution >= 4 is 28.1 Å². The summed E-state index contributed by atoms with van der Waals surface area (Å²) in [4.78, 5) is 12.8. The Morgan fingerprint density at radius 2 is 2.03 bits per heavy atom. The summed E-state index contributed by atoms with van der Waals surface area (Å²) in [5, 5.41) is 14.2. The first-order chi connectivity index (χ1) is 18.8. The predicted molar refractivity (Wildman–Crippen MR) is 156 cm³/mol. The van der Waals surface area contributed by atoms with Crippen LogP contribution in [0.4, 0.5) is 5.69 Å². The first kappa shape index (κ1) is 24.8. The fraction of sp³-hybridized carbons (Fsp3) is 0.367. The van der Waals surface area contributed by atoms with E-state index >= 15 is 0 Å². The number of nitrogens with one attached hydrogen (secondary N) is 2. The van der Waals surface area contributed by atoms with Crippen molar-refractivity contribution in [1.82, 2.24) is 30.0 Å². The van der Waals surface area contributed by atoms with E-state index in [2.05, 4.69) is 84.0 Å². The summed E-state index contributed by atoms with van der Waals surface area (Å²) in [5.74, 6) is 0.644. The minimum absolute atomic E-state index is 0.469. The Kier molecular flexibility index (Phi) is 7.79. The van der Waals surface area contributed by atoms with Crippen LogP contribution < -0.4 is 10.2 Å². The zero-order chi connectivity index (χ0) is 25.6. The number of benzene rings is 1. The number of hydrogen-bond acceptors (Lipinski definition) is 6. The van der Waals surface area contributed by atoms with Crippen molar-refractivity contribution in [2.75, 3.05) is 31.1 Å². The molecule has 0 radical (unpaired) electrons. The van der Waals surface area contributed by atoms with Gasteiger partial charge in [0.25, 0.3) is 0 Å². The largest absolute Gasteiger partial charge is 0.369 e. The van der Waals surface area contributed by atoms with Gasteiger partial charge in [0.15, 0.2) is 0 Å². The van der Waals surface area contributed by atoms with E-state index in [-0.39, 0.29) is 0 Å². The number of aromatic nitrogens is 5. The lowest BCUT2D eigenvalue weighted by molar-refractivity contribution is 0.476. The number of aromatic amines is 1. The van der Waals surface area contributed by atoms with E-state index in [1.165, 1.54) is 41.0 Å². The van der Waals surface area contributed by atoms with Gasteiger partial charge in [-0.05, 0) is 68.1 Å².